The largest absolute Gasteiger partial charge is 0.381 e. The number of pyridine rings is 1. The summed E-state index contributed by atoms with van der Waals surface area (Å²) in [6, 6.07) is 4.44. The van der Waals surface area contributed by atoms with Gasteiger partial charge in [0.2, 0.25) is 0 Å². The fourth-order valence-corrected chi connectivity index (χ4v) is 1.13. The highest BCUT2D eigenvalue weighted by molar-refractivity contribution is 9.10. The predicted octanol–water partition coefficient (Wildman–Crippen LogP) is 3.30. The second-order valence-electron chi connectivity index (χ2n) is 3.55. The molecule has 2 nitrogen and oxygen atoms in total. The lowest BCUT2D eigenvalue weighted by molar-refractivity contribution is 0.560. The van der Waals surface area contributed by atoms with Gasteiger partial charge >= 0.3 is 0 Å². The van der Waals surface area contributed by atoms with Crippen molar-refractivity contribution in [1.82, 2.24) is 4.98 Å². The third-order valence-electron chi connectivity index (χ3n) is 2.12. The first-order valence-electron chi connectivity index (χ1n) is 4.47. The van der Waals surface area contributed by atoms with Crippen molar-refractivity contribution in [3.8, 4) is 0 Å². The van der Waals surface area contributed by atoms with Gasteiger partial charge in [0, 0.05) is 6.04 Å². The molecule has 0 saturated heterocycles. The summed E-state index contributed by atoms with van der Waals surface area (Å²) in [7, 11) is 0. The predicted molar refractivity (Wildman–Crippen MR) is 59.9 cm³/mol. The van der Waals surface area contributed by atoms with Crippen LogP contribution in [-0.2, 0) is 0 Å². The SMILES string of the molecule is CC(C)C(C)Nc1ccc(Br)nc1. The van der Waals surface area contributed by atoms with Gasteiger partial charge in [0.15, 0.2) is 0 Å². The van der Waals surface area contributed by atoms with Gasteiger partial charge in [0.25, 0.3) is 0 Å². The van der Waals surface area contributed by atoms with Gasteiger partial charge in [-0.1, -0.05) is 13.8 Å². The number of aromatic nitrogens is 1. The van der Waals surface area contributed by atoms with Crippen molar-refractivity contribution in [3.05, 3.63) is 22.9 Å². The average molecular weight is 243 g/mol. The molecule has 0 radical (unpaired) electrons. The highest BCUT2D eigenvalue weighted by atomic mass is 79.9. The Morgan fingerprint density at radius 3 is 2.46 bits per heavy atom. The van der Waals surface area contributed by atoms with E-state index in [1.165, 1.54) is 0 Å². The highest BCUT2D eigenvalue weighted by Gasteiger charge is 2.05. The van der Waals surface area contributed by atoms with Gasteiger partial charge in [0.05, 0.1) is 11.9 Å². The highest BCUT2D eigenvalue weighted by Crippen LogP contribution is 2.13. The number of rotatable bonds is 3. The summed E-state index contributed by atoms with van der Waals surface area (Å²) in [5, 5.41) is 3.39. The van der Waals surface area contributed by atoms with E-state index in [9.17, 15) is 0 Å². The molecule has 13 heavy (non-hydrogen) atoms. The zero-order chi connectivity index (χ0) is 9.84. The number of nitrogens with zero attached hydrogens (tertiary/aromatic N) is 1. The molecule has 0 bridgehead atoms. The van der Waals surface area contributed by atoms with Crippen molar-refractivity contribution in [1.29, 1.82) is 0 Å². The summed E-state index contributed by atoms with van der Waals surface area (Å²) in [5.41, 5.74) is 1.07. The molecule has 1 unspecified atom stereocenters. The van der Waals surface area contributed by atoms with E-state index in [4.69, 9.17) is 0 Å². The fourth-order valence-electron chi connectivity index (χ4n) is 0.891. The molecule has 0 aliphatic heterocycles. The molecule has 1 rings (SSSR count). The Hall–Kier alpha value is -0.570. The van der Waals surface area contributed by atoms with Crippen LogP contribution < -0.4 is 5.32 Å². The number of anilines is 1. The van der Waals surface area contributed by atoms with E-state index in [0.717, 1.165) is 10.3 Å². The van der Waals surface area contributed by atoms with E-state index in [-0.39, 0.29) is 0 Å². The Morgan fingerprint density at radius 2 is 2.00 bits per heavy atom. The first kappa shape index (κ1) is 10.5. The number of hydrogen-bond donors (Lipinski definition) is 1. The van der Waals surface area contributed by atoms with Gasteiger partial charge in [-0.05, 0) is 40.9 Å². The molecular weight excluding hydrogens is 228 g/mol. The van der Waals surface area contributed by atoms with Crippen molar-refractivity contribution in [2.75, 3.05) is 5.32 Å². The Morgan fingerprint density at radius 1 is 1.31 bits per heavy atom. The number of halogens is 1. The van der Waals surface area contributed by atoms with Gasteiger partial charge in [-0.2, -0.15) is 0 Å². The maximum atomic E-state index is 4.15. The van der Waals surface area contributed by atoms with Crippen molar-refractivity contribution in [2.45, 2.75) is 26.8 Å². The van der Waals surface area contributed by atoms with E-state index in [0.29, 0.717) is 12.0 Å². The normalized spacial score (nSPS) is 13.0. The summed E-state index contributed by atoms with van der Waals surface area (Å²) in [6.07, 6.45) is 1.84. The van der Waals surface area contributed by atoms with Gasteiger partial charge in [-0.3, -0.25) is 0 Å². The monoisotopic (exact) mass is 242 g/mol. The van der Waals surface area contributed by atoms with Gasteiger partial charge in [-0.15, -0.1) is 0 Å². The van der Waals surface area contributed by atoms with Gasteiger partial charge < -0.3 is 5.32 Å². The Labute approximate surface area is 87.9 Å². The lowest BCUT2D eigenvalue weighted by atomic mass is 10.1. The van der Waals surface area contributed by atoms with Crippen LogP contribution in [0.4, 0.5) is 5.69 Å². The van der Waals surface area contributed by atoms with Crippen molar-refractivity contribution in [2.24, 2.45) is 5.92 Å². The van der Waals surface area contributed by atoms with Crippen molar-refractivity contribution >= 4 is 21.6 Å². The summed E-state index contributed by atoms with van der Waals surface area (Å²) in [5.74, 6) is 0.628. The minimum Gasteiger partial charge on any atom is -0.381 e. The number of nitrogens with one attached hydrogen (secondary N) is 1. The lowest BCUT2D eigenvalue weighted by Gasteiger charge is -2.18. The summed E-state index contributed by atoms with van der Waals surface area (Å²) < 4.78 is 0.871. The Bertz CT molecular complexity index is 256. The molecule has 0 amide bonds. The molecule has 0 saturated carbocycles. The Balaban J connectivity index is 2.59. The second-order valence-corrected chi connectivity index (χ2v) is 4.36. The standard InChI is InChI=1S/C10H15BrN2/c1-7(2)8(3)13-9-4-5-10(11)12-6-9/h4-8,13H,1-3H3. The summed E-state index contributed by atoms with van der Waals surface area (Å²) in [6.45, 7) is 6.57. The van der Waals surface area contributed by atoms with Crippen LogP contribution in [0.2, 0.25) is 0 Å². The number of hydrogen-bond acceptors (Lipinski definition) is 2. The molecule has 1 atom stereocenters. The topological polar surface area (TPSA) is 24.9 Å². The van der Waals surface area contributed by atoms with Crippen LogP contribution in [0.15, 0.2) is 22.9 Å². The molecule has 0 aliphatic rings. The Kier molecular flexibility index (Phi) is 3.72. The molecule has 72 valence electrons. The minimum absolute atomic E-state index is 0.475. The third-order valence-corrected chi connectivity index (χ3v) is 2.59. The zero-order valence-corrected chi connectivity index (χ0v) is 9.80. The van der Waals surface area contributed by atoms with Crippen molar-refractivity contribution < 1.29 is 0 Å². The smallest absolute Gasteiger partial charge is 0.106 e. The molecule has 1 aromatic heterocycles. The van der Waals surface area contributed by atoms with Crippen LogP contribution >= 0.6 is 15.9 Å². The van der Waals surface area contributed by atoms with Gasteiger partial charge in [0.1, 0.15) is 4.60 Å². The van der Waals surface area contributed by atoms with Crippen LogP contribution in [0.1, 0.15) is 20.8 Å². The van der Waals surface area contributed by atoms with Gasteiger partial charge in [-0.25, -0.2) is 4.98 Å². The van der Waals surface area contributed by atoms with E-state index < -0.39 is 0 Å². The molecule has 0 fully saturated rings. The van der Waals surface area contributed by atoms with E-state index in [1.807, 2.05) is 18.3 Å². The molecule has 0 aliphatic carbocycles. The molecule has 1 aromatic rings. The van der Waals surface area contributed by atoms with Crippen LogP contribution in [0, 0.1) is 5.92 Å². The molecule has 1 N–H and O–H groups in total. The third kappa shape index (κ3) is 3.35. The van der Waals surface area contributed by atoms with E-state index >= 15 is 0 Å². The molecule has 1 heterocycles. The zero-order valence-electron chi connectivity index (χ0n) is 8.21. The average Bonchev–Trinajstić information content (AvgIpc) is 2.08. The van der Waals surface area contributed by atoms with Crippen LogP contribution in [-0.4, -0.2) is 11.0 Å². The molecule has 0 spiro atoms. The molecular formula is C10H15BrN2. The maximum Gasteiger partial charge on any atom is 0.106 e. The quantitative estimate of drug-likeness (QED) is 0.824. The van der Waals surface area contributed by atoms with Crippen LogP contribution in [0.5, 0.6) is 0 Å². The van der Waals surface area contributed by atoms with Crippen LogP contribution in [0.3, 0.4) is 0 Å². The first-order valence-corrected chi connectivity index (χ1v) is 5.27. The maximum absolute atomic E-state index is 4.15. The molecule has 0 aromatic carbocycles. The molecule has 3 heteroatoms. The van der Waals surface area contributed by atoms with Crippen molar-refractivity contribution in [3.63, 3.8) is 0 Å². The lowest BCUT2D eigenvalue weighted by Crippen LogP contribution is -2.21. The van der Waals surface area contributed by atoms with E-state index in [2.05, 4.69) is 47.0 Å². The second kappa shape index (κ2) is 4.61. The summed E-state index contributed by atoms with van der Waals surface area (Å²) >= 11 is 3.30. The fraction of sp³-hybridized carbons (Fsp3) is 0.500. The first-order chi connectivity index (χ1) is 6.09. The summed E-state index contributed by atoms with van der Waals surface area (Å²) in [4.78, 5) is 4.15. The minimum atomic E-state index is 0.475. The van der Waals surface area contributed by atoms with Crippen LogP contribution in [0.25, 0.3) is 0 Å². The van der Waals surface area contributed by atoms with E-state index in [1.54, 1.807) is 0 Å².